The highest BCUT2D eigenvalue weighted by atomic mass is 16.3. The minimum Gasteiger partial charge on any atom is -0.508 e. The maximum absolute atomic E-state index is 9.29. The first-order chi connectivity index (χ1) is 9.10. The third-order valence-corrected chi connectivity index (χ3v) is 3.14. The number of phenolic OH excluding ortho intramolecular Hbond substituents is 1. The Labute approximate surface area is 113 Å². The van der Waals surface area contributed by atoms with E-state index < -0.39 is 0 Å². The van der Waals surface area contributed by atoms with E-state index in [1.807, 2.05) is 19.1 Å². The van der Waals surface area contributed by atoms with E-state index in [9.17, 15) is 5.11 Å². The molecule has 0 spiro atoms. The Balaban J connectivity index is 2.14. The molecule has 0 fully saturated rings. The second-order valence-electron chi connectivity index (χ2n) is 4.68. The predicted octanol–water partition coefficient (Wildman–Crippen LogP) is 3.23. The summed E-state index contributed by atoms with van der Waals surface area (Å²) in [5.74, 6) is 1.08. The highest BCUT2D eigenvalue weighted by Crippen LogP contribution is 2.21. The molecular weight excluding hydrogens is 238 g/mol. The van der Waals surface area contributed by atoms with Crippen molar-refractivity contribution < 1.29 is 5.11 Å². The fourth-order valence-corrected chi connectivity index (χ4v) is 1.91. The third kappa shape index (κ3) is 3.22. The van der Waals surface area contributed by atoms with Crippen LogP contribution in [0.25, 0.3) is 0 Å². The molecule has 2 aromatic rings. The van der Waals surface area contributed by atoms with Crippen molar-refractivity contribution in [2.75, 3.05) is 5.32 Å². The fourth-order valence-electron chi connectivity index (χ4n) is 1.91. The number of anilines is 1. The average Bonchev–Trinajstić information content (AvgIpc) is 2.41. The van der Waals surface area contributed by atoms with Crippen molar-refractivity contribution in [3.05, 3.63) is 47.2 Å². The van der Waals surface area contributed by atoms with Crippen molar-refractivity contribution in [1.29, 1.82) is 0 Å². The SMILES string of the molecule is CCc1cc(C)c(N[C@H](C)c2ccc(O)cc2)nn1. The van der Waals surface area contributed by atoms with Gasteiger partial charge in [0, 0.05) is 0 Å². The Morgan fingerprint density at radius 3 is 2.47 bits per heavy atom. The van der Waals surface area contributed by atoms with Crippen LogP contribution in [0.15, 0.2) is 30.3 Å². The molecule has 2 rings (SSSR count). The first kappa shape index (κ1) is 13.3. The predicted molar refractivity (Wildman–Crippen MR) is 76.3 cm³/mol. The van der Waals surface area contributed by atoms with Gasteiger partial charge in [-0.2, -0.15) is 5.10 Å². The van der Waals surface area contributed by atoms with Gasteiger partial charge in [-0.25, -0.2) is 0 Å². The lowest BCUT2D eigenvalue weighted by atomic mass is 10.1. The second kappa shape index (κ2) is 5.69. The van der Waals surface area contributed by atoms with Crippen molar-refractivity contribution in [3.8, 4) is 5.75 Å². The number of aromatic hydroxyl groups is 1. The van der Waals surface area contributed by atoms with E-state index in [1.54, 1.807) is 12.1 Å². The summed E-state index contributed by atoms with van der Waals surface area (Å²) in [6.07, 6.45) is 0.891. The van der Waals surface area contributed by atoms with Gasteiger partial charge in [-0.05, 0) is 49.6 Å². The molecule has 0 aliphatic carbocycles. The van der Waals surface area contributed by atoms with Crippen LogP contribution < -0.4 is 5.32 Å². The van der Waals surface area contributed by atoms with Gasteiger partial charge in [-0.3, -0.25) is 0 Å². The Morgan fingerprint density at radius 2 is 1.89 bits per heavy atom. The molecular formula is C15H19N3O. The molecule has 0 aliphatic rings. The molecule has 0 saturated carbocycles. The van der Waals surface area contributed by atoms with Crippen LogP contribution in [0.4, 0.5) is 5.82 Å². The molecule has 1 aromatic carbocycles. The Bertz CT molecular complexity index is 552. The van der Waals surface area contributed by atoms with Gasteiger partial charge in [-0.15, -0.1) is 5.10 Å². The monoisotopic (exact) mass is 257 g/mol. The lowest BCUT2D eigenvalue weighted by Gasteiger charge is -2.16. The Morgan fingerprint density at radius 1 is 1.21 bits per heavy atom. The molecule has 0 aliphatic heterocycles. The molecule has 0 radical (unpaired) electrons. The van der Waals surface area contributed by atoms with Crippen LogP contribution in [0.2, 0.25) is 0 Å². The van der Waals surface area contributed by atoms with Crippen LogP contribution in [-0.4, -0.2) is 15.3 Å². The number of aromatic nitrogens is 2. The van der Waals surface area contributed by atoms with E-state index in [0.717, 1.165) is 29.1 Å². The fraction of sp³-hybridized carbons (Fsp3) is 0.333. The van der Waals surface area contributed by atoms with E-state index in [0.29, 0.717) is 0 Å². The average molecular weight is 257 g/mol. The number of aryl methyl sites for hydroxylation is 2. The summed E-state index contributed by atoms with van der Waals surface area (Å²) in [7, 11) is 0. The molecule has 1 heterocycles. The molecule has 0 bridgehead atoms. The van der Waals surface area contributed by atoms with Gasteiger partial charge in [0.2, 0.25) is 0 Å². The Hall–Kier alpha value is -2.10. The number of hydrogen-bond donors (Lipinski definition) is 2. The summed E-state index contributed by atoms with van der Waals surface area (Å²) in [5, 5.41) is 21.0. The van der Waals surface area contributed by atoms with E-state index in [2.05, 4.69) is 35.4 Å². The number of rotatable bonds is 4. The summed E-state index contributed by atoms with van der Waals surface area (Å²) < 4.78 is 0. The number of benzene rings is 1. The van der Waals surface area contributed by atoms with Gasteiger partial charge in [0.25, 0.3) is 0 Å². The van der Waals surface area contributed by atoms with E-state index in [1.165, 1.54) is 0 Å². The minimum atomic E-state index is 0.112. The number of nitrogens with one attached hydrogen (secondary N) is 1. The third-order valence-electron chi connectivity index (χ3n) is 3.14. The lowest BCUT2D eigenvalue weighted by molar-refractivity contribution is 0.475. The number of hydrogen-bond acceptors (Lipinski definition) is 4. The van der Waals surface area contributed by atoms with Crippen LogP contribution in [0.3, 0.4) is 0 Å². The van der Waals surface area contributed by atoms with Gasteiger partial charge in [-0.1, -0.05) is 19.1 Å². The molecule has 0 amide bonds. The zero-order chi connectivity index (χ0) is 13.8. The van der Waals surface area contributed by atoms with E-state index >= 15 is 0 Å². The van der Waals surface area contributed by atoms with Gasteiger partial charge < -0.3 is 10.4 Å². The first-order valence-electron chi connectivity index (χ1n) is 6.48. The van der Waals surface area contributed by atoms with Crippen molar-refractivity contribution in [2.24, 2.45) is 0 Å². The van der Waals surface area contributed by atoms with Crippen LogP contribution in [0.5, 0.6) is 5.75 Å². The van der Waals surface area contributed by atoms with Crippen LogP contribution in [0.1, 0.15) is 36.7 Å². The van der Waals surface area contributed by atoms with Crippen LogP contribution in [0, 0.1) is 6.92 Å². The molecule has 0 unspecified atom stereocenters. The topological polar surface area (TPSA) is 58.0 Å². The van der Waals surface area contributed by atoms with Gasteiger partial charge in [0.1, 0.15) is 5.75 Å². The van der Waals surface area contributed by atoms with E-state index in [-0.39, 0.29) is 11.8 Å². The maximum atomic E-state index is 9.29. The molecule has 0 saturated heterocycles. The highest BCUT2D eigenvalue weighted by molar-refractivity contribution is 5.45. The summed E-state index contributed by atoms with van der Waals surface area (Å²) in [4.78, 5) is 0. The Kier molecular flexibility index (Phi) is 4.00. The number of nitrogens with zero attached hydrogens (tertiary/aromatic N) is 2. The van der Waals surface area contributed by atoms with Crippen molar-refractivity contribution >= 4 is 5.82 Å². The summed E-state index contributed by atoms with van der Waals surface area (Å²) in [5.41, 5.74) is 3.19. The van der Waals surface area contributed by atoms with Crippen molar-refractivity contribution in [2.45, 2.75) is 33.2 Å². The van der Waals surface area contributed by atoms with Crippen molar-refractivity contribution in [3.63, 3.8) is 0 Å². The number of phenols is 1. The molecule has 1 atom stereocenters. The standard InChI is InChI=1S/C15H19N3O/c1-4-13-9-10(2)15(18-17-13)16-11(3)12-5-7-14(19)8-6-12/h5-9,11,19H,4H2,1-3H3,(H,16,18)/t11-/m1/s1. The van der Waals surface area contributed by atoms with Crippen LogP contribution >= 0.6 is 0 Å². The summed E-state index contributed by atoms with van der Waals surface area (Å²) in [6.45, 7) is 6.15. The first-order valence-corrected chi connectivity index (χ1v) is 6.48. The highest BCUT2D eigenvalue weighted by Gasteiger charge is 2.09. The lowest BCUT2D eigenvalue weighted by Crippen LogP contribution is -2.10. The zero-order valence-electron chi connectivity index (χ0n) is 11.5. The minimum absolute atomic E-state index is 0.112. The second-order valence-corrected chi connectivity index (χ2v) is 4.68. The molecule has 4 nitrogen and oxygen atoms in total. The molecule has 4 heteroatoms. The molecule has 1 aromatic heterocycles. The summed E-state index contributed by atoms with van der Waals surface area (Å²) in [6, 6.07) is 9.34. The van der Waals surface area contributed by atoms with Crippen LogP contribution in [-0.2, 0) is 6.42 Å². The van der Waals surface area contributed by atoms with Crippen molar-refractivity contribution in [1.82, 2.24) is 10.2 Å². The molecule has 19 heavy (non-hydrogen) atoms. The largest absolute Gasteiger partial charge is 0.508 e. The zero-order valence-corrected chi connectivity index (χ0v) is 11.5. The van der Waals surface area contributed by atoms with Gasteiger partial charge in [0.05, 0.1) is 11.7 Å². The maximum Gasteiger partial charge on any atom is 0.152 e. The summed E-state index contributed by atoms with van der Waals surface area (Å²) >= 11 is 0. The quantitative estimate of drug-likeness (QED) is 0.883. The molecule has 2 N–H and O–H groups in total. The van der Waals surface area contributed by atoms with Gasteiger partial charge >= 0.3 is 0 Å². The van der Waals surface area contributed by atoms with E-state index in [4.69, 9.17) is 0 Å². The van der Waals surface area contributed by atoms with Gasteiger partial charge in [0.15, 0.2) is 5.82 Å². The smallest absolute Gasteiger partial charge is 0.152 e. The normalized spacial score (nSPS) is 12.2. The molecule has 100 valence electrons.